The molecule has 0 aromatic heterocycles. The zero-order valence-corrected chi connectivity index (χ0v) is 11.8. The summed E-state index contributed by atoms with van der Waals surface area (Å²) in [6.07, 6.45) is 2.88. The summed E-state index contributed by atoms with van der Waals surface area (Å²) >= 11 is 5.72. The smallest absolute Gasteiger partial charge is 0.255 e. The Morgan fingerprint density at radius 1 is 1.37 bits per heavy atom. The van der Waals surface area contributed by atoms with E-state index >= 15 is 0 Å². The number of rotatable bonds is 7. The summed E-state index contributed by atoms with van der Waals surface area (Å²) in [4.78, 5) is 11.9. The Bertz CT molecular complexity index is 417. The maximum atomic E-state index is 11.9. The van der Waals surface area contributed by atoms with Crippen LogP contribution in [0.4, 0.5) is 0 Å². The lowest BCUT2D eigenvalue weighted by molar-refractivity contribution is 0.0942. The lowest BCUT2D eigenvalue weighted by atomic mass is 10.0. The van der Waals surface area contributed by atoms with Crippen LogP contribution in [0.15, 0.2) is 18.2 Å². The Labute approximate surface area is 118 Å². The second-order valence-electron chi connectivity index (χ2n) is 4.52. The van der Waals surface area contributed by atoms with E-state index < -0.39 is 0 Å². The van der Waals surface area contributed by atoms with E-state index in [2.05, 4.69) is 12.2 Å². The maximum Gasteiger partial charge on any atom is 0.255 e. The van der Waals surface area contributed by atoms with E-state index in [0.717, 1.165) is 19.3 Å². The first-order valence-electron chi connectivity index (χ1n) is 6.45. The second kappa shape index (κ2) is 7.89. The molecule has 1 rings (SSSR count). The van der Waals surface area contributed by atoms with E-state index in [9.17, 15) is 15.0 Å². The summed E-state index contributed by atoms with van der Waals surface area (Å²) in [6, 6.07) is 4.33. The molecule has 0 bridgehead atoms. The number of hydrogen-bond donors (Lipinski definition) is 3. The molecule has 0 saturated heterocycles. The van der Waals surface area contributed by atoms with Gasteiger partial charge in [0.1, 0.15) is 0 Å². The van der Waals surface area contributed by atoms with Crippen LogP contribution >= 0.6 is 11.6 Å². The quantitative estimate of drug-likeness (QED) is 0.533. The van der Waals surface area contributed by atoms with Crippen molar-refractivity contribution in [1.29, 1.82) is 0 Å². The largest absolute Gasteiger partial charge is 0.504 e. The van der Waals surface area contributed by atoms with Crippen molar-refractivity contribution in [3.8, 4) is 11.5 Å². The molecular formula is C14H20ClNO3. The number of hydrogen-bond acceptors (Lipinski definition) is 3. The average Bonchev–Trinajstić information content (AvgIpc) is 2.39. The van der Waals surface area contributed by atoms with Crippen molar-refractivity contribution in [3.63, 3.8) is 0 Å². The Kier molecular flexibility index (Phi) is 6.50. The molecule has 0 spiro atoms. The van der Waals surface area contributed by atoms with E-state index in [-0.39, 0.29) is 23.0 Å². The Morgan fingerprint density at radius 2 is 2.11 bits per heavy atom. The Hall–Kier alpha value is -1.42. The second-order valence-corrected chi connectivity index (χ2v) is 4.89. The third-order valence-electron chi connectivity index (χ3n) is 3.02. The van der Waals surface area contributed by atoms with Crippen molar-refractivity contribution >= 4 is 17.5 Å². The van der Waals surface area contributed by atoms with Crippen LogP contribution in [0.3, 0.4) is 0 Å². The van der Waals surface area contributed by atoms with Crippen LogP contribution in [0.1, 0.15) is 36.5 Å². The van der Waals surface area contributed by atoms with Gasteiger partial charge in [-0.15, -0.1) is 11.6 Å². The van der Waals surface area contributed by atoms with Gasteiger partial charge in [-0.2, -0.15) is 0 Å². The number of phenols is 2. The van der Waals surface area contributed by atoms with E-state index in [1.165, 1.54) is 18.2 Å². The van der Waals surface area contributed by atoms with Gasteiger partial charge in [-0.1, -0.05) is 19.4 Å². The molecular weight excluding hydrogens is 266 g/mol. The third-order valence-corrected chi connectivity index (χ3v) is 3.24. The van der Waals surface area contributed by atoms with E-state index in [1.807, 2.05) is 0 Å². The average molecular weight is 286 g/mol. The lowest BCUT2D eigenvalue weighted by Crippen LogP contribution is -2.29. The van der Waals surface area contributed by atoms with Crippen molar-refractivity contribution in [1.82, 2.24) is 5.32 Å². The molecule has 19 heavy (non-hydrogen) atoms. The molecule has 1 aromatic rings. The van der Waals surface area contributed by atoms with Crippen LogP contribution in [0.2, 0.25) is 0 Å². The summed E-state index contributed by atoms with van der Waals surface area (Å²) in [5.41, 5.74) is 0.0844. The Balaban J connectivity index is 2.61. The van der Waals surface area contributed by atoms with Gasteiger partial charge in [-0.3, -0.25) is 4.79 Å². The summed E-state index contributed by atoms with van der Waals surface area (Å²) in [5, 5.41) is 21.7. The number of amides is 1. The van der Waals surface area contributed by atoms with E-state index in [0.29, 0.717) is 18.3 Å². The lowest BCUT2D eigenvalue weighted by Gasteiger charge is -2.16. The minimum Gasteiger partial charge on any atom is -0.504 e. The normalized spacial score (nSPS) is 12.1. The molecule has 0 aliphatic rings. The standard InChI is InChI=1S/C14H20ClNO3/c1-2-4-10(7-8-15)9-16-14(19)11-5-3-6-12(17)13(11)18/h3,5-6,10,17-18H,2,4,7-9H2,1H3,(H,16,19). The zero-order valence-electron chi connectivity index (χ0n) is 11.0. The van der Waals surface area contributed by atoms with E-state index in [4.69, 9.17) is 11.6 Å². The molecule has 0 heterocycles. The van der Waals surface area contributed by atoms with Crippen LogP contribution in [0, 0.1) is 5.92 Å². The maximum absolute atomic E-state index is 11.9. The number of benzene rings is 1. The number of halogens is 1. The highest BCUT2D eigenvalue weighted by Gasteiger charge is 2.15. The van der Waals surface area contributed by atoms with Crippen molar-refractivity contribution < 1.29 is 15.0 Å². The van der Waals surface area contributed by atoms with Gasteiger partial charge in [0, 0.05) is 12.4 Å². The number of nitrogens with one attached hydrogen (secondary N) is 1. The number of carbonyl (C=O) groups is 1. The minimum absolute atomic E-state index is 0.0844. The van der Waals surface area contributed by atoms with Crippen LogP contribution in [-0.4, -0.2) is 28.5 Å². The fourth-order valence-corrected chi connectivity index (χ4v) is 2.27. The van der Waals surface area contributed by atoms with Gasteiger partial charge in [-0.25, -0.2) is 0 Å². The van der Waals surface area contributed by atoms with Gasteiger partial charge in [0.05, 0.1) is 5.56 Å². The molecule has 1 unspecified atom stereocenters. The highest BCUT2D eigenvalue weighted by molar-refractivity contribution is 6.17. The van der Waals surface area contributed by atoms with Gasteiger partial charge in [-0.05, 0) is 30.9 Å². The monoisotopic (exact) mass is 285 g/mol. The highest BCUT2D eigenvalue weighted by Crippen LogP contribution is 2.28. The highest BCUT2D eigenvalue weighted by atomic mass is 35.5. The van der Waals surface area contributed by atoms with Crippen molar-refractivity contribution in [3.05, 3.63) is 23.8 Å². The summed E-state index contributed by atoms with van der Waals surface area (Å²) in [5.74, 6) is -0.157. The fourth-order valence-electron chi connectivity index (χ4n) is 1.96. The van der Waals surface area contributed by atoms with Gasteiger partial charge in [0.2, 0.25) is 0 Å². The summed E-state index contributed by atoms with van der Waals surface area (Å²) in [6.45, 7) is 2.61. The van der Waals surface area contributed by atoms with Gasteiger partial charge < -0.3 is 15.5 Å². The molecule has 1 atom stereocenters. The first kappa shape index (κ1) is 15.6. The van der Waals surface area contributed by atoms with Crippen LogP contribution in [-0.2, 0) is 0 Å². The predicted octanol–water partition coefficient (Wildman–Crippen LogP) is 2.87. The first-order valence-corrected chi connectivity index (χ1v) is 6.98. The molecule has 0 aliphatic carbocycles. The molecule has 0 aliphatic heterocycles. The number of para-hydroxylation sites is 1. The number of phenolic OH excluding ortho intramolecular Hbond substituents is 2. The molecule has 4 nitrogen and oxygen atoms in total. The molecule has 5 heteroatoms. The Morgan fingerprint density at radius 3 is 2.74 bits per heavy atom. The van der Waals surface area contributed by atoms with Crippen LogP contribution in [0.25, 0.3) is 0 Å². The zero-order chi connectivity index (χ0) is 14.3. The first-order chi connectivity index (χ1) is 9.10. The summed E-state index contributed by atoms with van der Waals surface area (Å²) < 4.78 is 0. The number of alkyl halides is 1. The van der Waals surface area contributed by atoms with Gasteiger partial charge in [0.15, 0.2) is 11.5 Å². The van der Waals surface area contributed by atoms with Crippen LogP contribution < -0.4 is 5.32 Å². The topological polar surface area (TPSA) is 69.6 Å². The fraction of sp³-hybridized carbons (Fsp3) is 0.500. The molecule has 1 aromatic carbocycles. The molecule has 3 N–H and O–H groups in total. The molecule has 0 fully saturated rings. The molecule has 0 saturated carbocycles. The molecule has 106 valence electrons. The number of aromatic hydroxyl groups is 2. The predicted molar refractivity (Wildman–Crippen MR) is 75.8 cm³/mol. The molecule has 0 radical (unpaired) electrons. The van der Waals surface area contributed by atoms with Crippen LogP contribution in [0.5, 0.6) is 11.5 Å². The van der Waals surface area contributed by atoms with Gasteiger partial charge >= 0.3 is 0 Å². The number of carbonyl (C=O) groups excluding carboxylic acids is 1. The summed E-state index contributed by atoms with van der Waals surface area (Å²) in [7, 11) is 0. The third kappa shape index (κ3) is 4.63. The SMILES string of the molecule is CCCC(CCCl)CNC(=O)c1cccc(O)c1O. The minimum atomic E-state index is -0.385. The van der Waals surface area contributed by atoms with E-state index in [1.54, 1.807) is 0 Å². The van der Waals surface area contributed by atoms with Gasteiger partial charge in [0.25, 0.3) is 5.91 Å². The molecule has 1 amide bonds. The van der Waals surface area contributed by atoms with Crippen molar-refractivity contribution in [2.24, 2.45) is 5.92 Å². The van der Waals surface area contributed by atoms with Crippen molar-refractivity contribution in [2.75, 3.05) is 12.4 Å². The van der Waals surface area contributed by atoms with Crippen molar-refractivity contribution in [2.45, 2.75) is 26.2 Å².